The molecule has 20 heavy (non-hydrogen) atoms. The number of methoxy groups -OCH3 is 1. The highest BCUT2D eigenvalue weighted by Gasteiger charge is 2.11. The summed E-state index contributed by atoms with van der Waals surface area (Å²) in [5, 5.41) is 0. The Balaban J connectivity index is 2.30. The average Bonchev–Trinajstić information content (AvgIpc) is 2.42. The molecule has 2 N–H and O–H groups in total. The molecule has 2 aromatic carbocycles. The lowest BCUT2D eigenvalue weighted by Gasteiger charge is -2.13. The van der Waals surface area contributed by atoms with E-state index in [-0.39, 0.29) is 11.8 Å². The highest BCUT2D eigenvalue weighted by Crippen LogP contribution is 2.33. The van der Waals surface area contributed by atoms with E-state index in [1.165, 1.54) is 6.07 Å². The summed E-state index contributed by atoms with van der Waals surface area (Å²) >= 11 is 0. The second-order valence-electron chi connectivity index (χ2n) is 4.73. The Morgan fingerprint density at radius 1 is 1.05 bits per heavy atom. The van der Waals surface area contributed by atoms with Gasteiger partial charge in [0.1, 0.15) is 0 Å². The van der Waals surface area contributed by atoms with Crippen molar-refractivity contribution in [2.45, 2.75) is 19.9 Å². The van der Waals surface area contributed by atoms with E-state index < -0.39 is 5.82 Å². The third kappa shape index (κ3) is 3.08. The van der Waals surface area contributed by atoms with Crippen molar-refractivity contribution in [2.24, 2.45) is 5.73 Å². The molecule has 2 aromatic rings. The molecule has 0 aliphatic carbocycles. The number of benzene rings is 2. The maximum Gasteiger partial charge on any atom is 0.169 e. The van der Waals surface area contributed by atoms with Crippen LogP contribution in [0.5, 0.6) is 17.2 Å². The van der Waals surface area contributed by atoms with Crippen LogP contribution in [0.2, 0.25) is 0 Å². The lowest BCUT2D eigenvalue weighted by atomic mass is 10.1. The summed E-state index contributed by atoms with van der Waals surface area (Å²) in [6, 6.07) is 9.98. The van der Waals surface area contributed by atoms with Crippen LogP contribution in [0.3, 0.4) is 0 Å². The third-order valence-corrected chi connectivity index (χ3v) is 3.02. The minimum Gasteiger partial charge on any atom is -0.493 e. The molecule has 0 amide bonds. The van der Waals surface area contributed by atoms with Gasteiger partial charge < -0.3 is 15.2 Å². The molecule has 0 saturated heterocycles. The first kappa shape index (κ1) is 14.3. The van der Waals surface area contributed by atoms with Crippen LogP contribution in [-0.2, 0) is 0 Å². The van der Waals surface area contributed by atoms with Gasteiger partial charge in [0.15, 0.2) is 23.1 Å². The molecule has 3 nitrogen and oxygen atoms in total. The van der Waals surface area contributed by atoms with E-state index in [0.29, 0.717) is 11.5 Å². The van der Waals surface area contributed by atoms with Crippen molar-refractivity contribution in [3.63, 3.8) is 0 Å². The minimum absolute atomic E-state index is 0.150. The predicted molar refractivity (Wildman–Crippen MR) is 76.8 cm³/mol. The molecule has 1 atom stereocenters. The Labute approximate surface area is 118 Å². The zero-order valence-electron chi connectivity index (χ0n) is 11.8. The molecular formula is C16H18FNO2. The lowest BCUT2D eigenvalue weighted by Crippen LogP contribution is -2.05. The molecule has 0 radical (unpaired) electrons. The molecule has 4 heteroatoms. The van der Waals surface area contributed by atoms with Gasteiger partial charge in [-0.3, -0.25) is 0 Å². The molecule has 2 rings (SSSR count). The van der Waals surface area contributed by atoms with Crippen molar-refractivity contribution in [3.8, 4) is 17.2 Å². The summed E-state index contributed by atoms with van der Waals surface area (Å²) in [6.07, 6.45) is 0. The highest BCUT2D eigenvalue weighted by atomic mass is 19.1. The Morgan fingerprint density at radius 2 is 1.75 bits per heavy atom. The molecule has 0 unspecified atom stereocenters. The number of nitrogens with two attached hydrogens (primary N) is 1. The number of hydrogen-bond acceptors (Lipinski definition) is 3. The van der Waals surface area contributed by atoms with Crippen molar-refractivity contribution in [1.29, 1.82) is 0 Å². The summed E-state index contributed by atoms with van der Waals surface area (Å²) in [6.45, 7) is 3.75. The van der Waals surface area contributed by atoms with Crippen LogP contribution in [-0.4, -0.2) is 7.11 Å². The largest absolute Gasteiger partial charge is 0.493 e. The van der Waals surface area contributed by atoms with Crippen LogP contribution in [0.15, 0.2) is 36.4 Å². The summed E-state index contributed by atoms with van der Waals surface area (Å²) in [4.78, 5) is 0. The summed E-state index contributed by atoms with van der Waals surface area (Å²) < 4.78 is 24.8. The van der Waals surface area contributed by atoms with Crippen LogP contribution in [0.25, 0.3) is 0 Å². The number of halogens is 1. The maximum absolute atomic E-state index is 14.0. The van der Waals surface area contributed by atoms with E-state index in [1.54, 1.807) is 32.2 Å². The molecule has 0 heterocycles. The summed E-state index contributed by atoms with van der Waals surface area (Å²) in [5.74, 6) is 0.755. The zero-order valence-corrected chi connectivity index (χ0v) is 11.8. The van der Waals surface area contributed by atoms with Crippen molar-refractivity contribution in [3.05, 3.63) is 53.3 Å². The van der Waals surface area contributed by atoms with Gasteiger partial charge in [0.05, 0.1) is 7.11 Å². The molecule has 0 spiro atoms. The van der Waals surface area contributed by atoms with Crippen molar-refractivity contribution >= 4 is 0 Å². The highest BCUT2D eigenvalue weighted by molar-refractivity contribution is 5.45. The van der Waals surface area contributed by atoms with Crippen LogP contribution in [0.1, 0.15) is 24.1 Å². The minimum atomic E-state index is -0.442. The van der Waals surface area contributed by atoms with E-state index in [0.717, 1.165) is 11.1 Å². The molecule has 0 aliphatic heterocycles. The standard InChI is InChI=1S/C16H18FNO2/c1-10-4-6-15(16(8-10)19-3)20-14-7-5-12(11(2)18)9-13(14)17/h4-9,11H,18H2,1-3H3/t11-/m1/s1. The summed E-state index contributed by atoms with van der Waals surface area (Å²) in [7, 11) is 1.55. The fraction of sp³-hybridized carbons (Fsp3) is 0.250. The molecule has 0 aliphatic rings. The van der Waals surface area contributed by atoms with Crippen LogP contribution >= 0.6 is 0 Å². The van der Waals surface area contributed by atoms with E-state index in [9.17, 15) is 4.39 Å². The fourth-order valence-corrected chi connectivity index (χ4v) is 1.86. The van der Waals surface area contributed by atoms with Crippen molar-refractivity contribution < 1.29 is 13.9 Å². The van der Waals surface area contributed by atoms with Crippen LogP contribution < -0.4 is 15.2 Å². The maximum atomic E-state index is 14.0. The quantitative estimate of drug-likeness (QED) is 0.918. The van der Waals surface area contributed by atoms with Gasteiger partial charge in [-0.25, -0.2) is 4.39 Å². The van der Waals surface area contributed by atoms with E-state index in [4.69, 9.17) is 15.2 Å². The van der Waals surface area contributed by atoms with Gasteiger partial charge in [0.25, 0.3) is 0 Å². The van der Waals surface area contributed by atoms with Crippen LogP contribution in [0, 0.1) is 12.7 Å². The second kappa shape index (κ2) is 5.92. The van der Waals surface area contributed by atoms with Gasteiger partial charge in [-0.15, -0.1) is 0 Å². The molecule has 0 fully saturated rings. The number of rotatable bonds is 4. The Morgan fingerprint density at radius 3 is 2.35 bits per heavy atom. The molecular weight excluding hydrogens is 257 g/mol. The topological polar surface area (TPSA) is 44.5 Å². The lowest BCUT2D eigenvalue weighted by molar-refractivity contribution is 0.370. The molecule has 106 valence electrons. The predicted octanol–water partition coefficient (Wildman–Crippen LogP) is 3.95. The monoisotopic (exact) mass is 275 g/mol. The Bertz CT molecular complexity index is 611. The third-order valence-electron chi connectivity index (χ3n) is 3.02. The Kier molecular flexibility index (Phi) is 4.25. The normalized spacial score (nSPS) is 12.1. The molecule has 0 bridgehead atoms. The number of hydrogen-bond donors (Lipinski definition) is 1. The summed E-state index contributed by atoms with van der Waals surface area (Å²) in [5.41, 5.74) is 7.49. The number of ether oxygens (including phenoxy) is 2. The van der Waals surface area contributed by atoms with Gasteiger partial charge in [-0.05, 0) is 49.2 Å². The van der Waals surface area contributed by atoms with Gasteiger partial charge in [-0.2, -0.15) is 0 Å². The Hall–Kier alpha value is -2.07. The van der Waals surface area contributed by atoms with Crippen LogP contribution in [0.4, 0.5) is 4.39 Å². The smallest absolute Gasteiger partial charge is 0.169 e. The first-order chi connectivity index (χ1) is 9.51. The SMILES string of the molecule is COc1cc(C)ccc1Oc1ccc([C@@H](C)N)cc1F. The van der Waals surface area contributed by atoms with Crippen molar-refractivity contribution in [2.75, 3.05) is 7.11 Å². The van der Waals surface area contributed by atoms with E-state index >= 15 is 0 Å². The fourth-order valence-electron chi connectivity index (χ4n) is 1.86. The van der Waals surface area contributed by atoms with Gasteiger partial charge >= 0.3 is 0 Å². The first-order valence-corrected chi connectivity index (χ1v) is 6.39. The van der Waals surface area contributed by atoms with Gasteiger partial charge in [0.2, 0.25) is 0 Å². The van der Waals surface area contributed by atoms with Crippen molar-refractivity contribution in [1.82, 2.24) is 0 Å². The zero-order chi connectivity index (χ0) is 14.7. The van der Waals surface area contributed by atoms with Gasteiger partial charge in [-0.1, -0.05) is 12.1 Å². The molecule has 0 aromatic heterocycles. The first-order valence-electron chi connectivity index (χ1n) is 6.39. The number of aryl methyl sites for hydroxylation is 1. The second-order valence-corrected chi connectivity index (χ2v) is 4.73. The van der Waals surface area contributed by atoms with E-state index in [2.05, 4.69) is 0 Å². The van der Waals surface area contributed by atoms with Gasteiger partial charge in [0, 0.05) is 6.04 Å². The molecule has 0 saturated carbocycles. The van der Waals surface area contributed by atoms with E-state index in [1.807, 2.05) is 19.1 Å². The average molecular weight is 275 g/mol.